The van der Waals surface area contributed by atoms with Gasteiger partial charge < -0.3 is 14.6 Å². The standard InChI is InChI=1S/C12H13NO6/c1-2-18-12(17)13-10(15)7-19-11(16)8-5-3-4-6-9(8)14/h3-6,14H,2,7H2,1H3,(H,13,15,17). The summed E-state index contributed by atoms with van der Waals surface area (Å²) >= 11 is 0. The van der Waals surface area contributed by atoms with Crippen LogP contribution in [0.5, 0.6) is 5.75 Å². The molecule has 0 spiro atoms. The highest BCUT2D eigenvalue weighted by Crippen LogP contribution is 2.16. The highest BCUT2D eigenvalue weighted by Gasteiger charge is 2.15. The minimum atomic E-state index is -0.911. The molecule has 0 aliphatic rings. The number of esters is 1. The number of aromatic hydroxyl groups is 1. The Hall–Kier alpha value is -2.57. The van der Waals surface area contributed by atoms with Crippen molar-refractivity contribution in [3.63, 3.8) is 0 Å². The zero-order valence-electron chi connectivity index (χ0n) is 10.2. The number of nitrogens with one attached hydrogen (secondary N) is 1. The predicted octanol–water partition coefficient (Wildman–Crippen LogP) is 0.822. The van der Waals surface area contributed by atoms with Crippen LogP contribution in [0.2, 0.25) is 0 Å². The molecule has 2 amide bonds. The van der Waals surface area contributed by atoms with Crippen molar-refractivity contribution >= 4 is 18.0 Å². The minimum absolute atomic E-state index is 0.0635. The Kier molecular flexibility index (Phi) is 5.34. The summed E-state index contributed by atoms with van der Waals surface area (Å²) in [6, 6.07) is 5.74. The molecule has 0 radical (unpaired) electrons. The number of phenolic OH excluding ortho intramolecular Hbond substituents is 1. The van der Waals surface area contributed by atoms with Gasteiger partial charge in [-0.05, 0) is 19.1 Å². The Balaban J connectivity index is 2.45. The van der Waals surface area contributed by atoms with E-state index >= 15 is 0 Å². The second-order valence-electron chi connectivity index (χ2n) is 3.36. The summed E-state index contributed by atoms with van der Waals surface area (Å²) in [6.07, 6.45) is -0.911. The van der Waals surface area contributed by atoms with Crippen molar-refractivity contribution in [2.75, 3.05) is 13.2 Å². The fourth-order valence-electron chi connectivity index (χ4n) is 1.17. The third-order valence-electron chi connectivity index (χ3n) is 1.98. The number of imide groups is 1. The molecule has 1 aromatic rings. The highest BCUT2D eigenvalue weighted by molar-refractivity contribution is 5.96. The van der Waals surface area contributed by atoms with Gasteiger partial charge in [0.25, 0.3) is 5.91 Å². The van der Waals surface area contributed by atoms with Crippen LogP contribution >= 0.6 is 0 Å². The molecule has 0 aromatic heterocycles. The molecular weight excluding hydrogens is 254 g/mol. The summed E-state index contributed by atoms with van der Waals surface area (Å²) in [5.74, 6) is -1.93. The van der Waals surface area contributed by atoms with Gasteiger partial charge in [-0.3, -0.25) is 10.1 Å². The van der Waals surface area contributed by atoms with Gasteiger partial charge in [0.15, 0.2) is 6.61 Å². The average Bonchev–Trinajstić information content (AvgIpc) is 2.36. The van der Waals surface area contributed by atoms with Crippen LogP contribution in [0.4, 0.5) is 4.79 Å². The molecule has 0 saturated carbocycles. The fourth-order valence-corrected chi connectivity index (χ4v) is 1.17. The zero-order chi connectivity index (χ0) is 14.3. The van der Waals surface area contributed by atoms with Crippen LogP contribution in [-0.4, -0.2) is 36.3 Å². The first kappa shape index (κ1) is 14.5. The Labute approximate surface area is 109 Å². The third kappa shape index (κ3) is 4.66. The van der Waals surface area contributed by atoms with Gasteiger partial charge in [0.2, 0.25) is 0 Å². The van der Waals surface area contributed by atoms with Crippen LogP contribution in [0.1, 0.15) is 17.3 Å². The maximum Gasteiger partial charge on any atom is 0.413 e. The molecule has 7 nitrogen and oxygen atoms in total. The number of rotatable bonds is 4. The first-order valence-electron chi connectivity index (χ1n) is 5.46. The quantitative estimate of drug-likeness (QED) is 0.783. The minimum Gasteiger partial charge on any atom is -0.507 e. The fraction of sp³-hybridized carbons (Fsp3) is 0.250. The maximum absolute atomic E-state index is 11.5. The van der Waals surface area contributed by atoms with Crippen molar-refractivity contribution in [1.29, 1.82) is 0 Å². The second-order valence-corrected chi connectivity index (χ2v) is 3.36. The van der Waals surface area contributed by atoms with Crippen LogP contribution in [0.15, 0.2) is 24.3 Å². The van der Waals surface area contributed by atoms with E-state index in [-0.39, 0.29) is 17.9 Å². The maximum atomic E-state index is 11.5. The van der Waals surface area contributed by atoms with Crippen molar-refractivity contribution in [1.82, 2.24) is 5.32 Å². The van der Waals surface area contributed by atoms with E-state index in [1.54, 1.807) is 13.0 Å². The van der Waals surface area contributed by atoms with E-state index in [0.717, 1.165) is 0 Å². The summed E-state index contributed by atoms with van der Waals surface area (Å²) in [5.41, 5.74) is -0.0635. The molecule has 0 aliphatic carbocycles. The van der Waals surface area contributed by atoms with Gasteiger partial charge in [-0.1, -0.05) is 12.1 Å². The summed E-state index contributed by atoms with van der Waals surface area (Å²) < 4.78 is 9.10. The lowest BCUT2D eigenvalue weighted by atomic mass is 10.2. The lowest BCUT2D eigenvalue weighted by molar-refractivity contribution is -0.123. The van der Waals surface area contributed by atoms with Gasteiger partial charge in [-0.25, -0.2) is 9.59 Å². The first-order valence-corrected chi connectivity index (χ1v) is 5.46. The van der Waals surface area contributed by atoms with Gasteiger partial charge in [0.05, 0.1) is 6.61 Å². The molecule has 2 N–H and O–H groups in total. The van der Waals surface area contributed by atoms with Crippen LogP contribution < -0.4 is 5.32 Å². The van der Waals surface area contributed by atoms with Crippen LogP contribution in [0.25, 0.3) is 0 Å². The Morgan fingerprint density at radius 3 is 2.53 bits per heavy atom. The smallest absolute Gasteiger partial charge is 0.413 e. The van der Waals surface area contributed by atoms with Gasteiger partial charge in [0.1, 0.15) is 11.3 Å². The summed E-state index contributed by atoms with van der Waals surface area (Å²) in [6.45, 7) is 1.06. The molecule has 7 heteroatoms. The lowest BCUT2D eigenvalue weighted by Crippen LogP contribution is -2.34. The first-order chi connectivity index (χ1) is 9.04. The Morgan fingerprint density at radius 1 is 1.21 bits per heavy atom. The lowest BCUT2D eigenvalue weighted by Gasteiger charge is -2.06. The number of ether oxygens (including phenoxy) is 2. The van der Waals surface area contributed by atoms with Crippen molar-refractivity contribution in [2.45, 2.75) is 6.92 Å². The van der Waals surface area contributed by atoms with E-state index in [4.69, 9.17) is 0 Å². The molecule has 1 aromatic carbocycles. The van der Waals surface area contributed by atoms with E-state index in [9.17, 15) is 19.5 Å². The molecule has 0 aliphatic heterocycles. The van der Waals surface area contributed by atoms with E-state index in [1.165, 1.54) is 18.2 Å². The topological polar surface area (TPSA) is 102 Å². The van der Waals surface area contributed by atoms with Crippen molar-refractivity contribution in [3.05, 3.63) is 29.8 Å². The van der Waals surface area contributed by atoms with Crippen molar-refractivity contribution < 1.29 is 29.0 Å². The van der Waals surface area contributed by atoms with Crippen molar-refractivity contribution in [3.8, 4) is 5.75 Å². The van der Waals surface area contributed by atoms with Gasteiger partial charge >= 0.3 is 12.1 Å². The number of benzene rings is 1. The molecule has 1 rings (SSSR count). The Bertz CT molecular complexity index is 485. The van der Waals surface area contributed by atoms with E-state index < -0.39 is 24.6 Å². The zero-order valence-corrected chi connectivity index (χ0v) is 10.2. The molecule has 102 valence electrons. The largest absolute Gasteiger partial charge is 0.507 e. The second kappa shape index (κ2) is 7.00. The molecule has 0 bridgehead atoms. The van der Waals surface area contributed by atoms with Crippen LogP contribution in [0, 0.1) is 0 Å². The van der Waals surface area contributed by atoms with Crippen LogP contribution in [0.3, 0.4) is 0 Å². The van der Waals surface area contributed by atoms with Gasteiger partial charge in [-0.2, -0.15) is 0 Å². The summed E-state index contributed by atoms with van der Waals surface area (Å²) in [4.78, 5) is 33.6. The molecule has 0 unspecified atom stereocenters. The number of alkyl carbamates (subject to hydrolysis) is 1. The monoisotopic (exact) mass is 267 g/mol. The predicted molar refractivity (Wildman–Crippen MR) is 63.6 cm³/mol. The molecule has 0 atom stereocenters. The van der Waals surface area contributed by atoms with Gasteiger partial charge in [-0.15, -0.1) is 0 Å². The Morgan fingerprint density at radius 2 is 1.89 bits per heavy atom. The molecule has 0 saturated heterocycles. The van der Waals surface area contributed by atoms with Gasteiger partial charge in [0, 0.05) is 0 Å². The van der Waals surface area contributed by atoms with Crippen molar-refractivity contribution in [2.24, 2.45) is 0 Å². The van der Waals surface area contributed by atoms with E-state index in [0.29, 0.717) is 0 Å². The number of hydrogen-bond donors (Lipinski definition) is 2. The highest BCUT2D eigenvalue weighted by atomic mass is 16.6. The SMILES string of the molecule is CCOC(=O)NC(=O)COC(=O)c1ccccc1O. The molecule has 19 heavy (non-hydrogen) atoms. The molecular formula is C12H13NO6. The summed E-state index contributed by atoms with van der Waals surface area (Å²) in [7, 11) is 0. The molecule has 0 heterocycles. The average molecular weight is 267 g/mol. The van der Waals surface area contributed by atoms with Crippen LogP contribution in [-0.2, 0) is 14.3 Å². The summed E-state index contributed by atoms with van der Waals surface area (Å²) in [5, 5.41) is 11.2. The number of hydrogen-bond acceptors (Lipinski definition) is 6. The molecule has 0 fully saturated rings. The number of carbonyl (C=O) groups excluding carboxylic acids is 3. The number of phenols is 1. The van der Waals surface area contributed by atoms with E-state index in [2.05, 4.69) is 9.47 Å². The third-order valence-corrected chi connectivity index (χ3v) is 1.98. The number of carbonyl (C=O) groups is 3. The normalized spacial score (nSPS) is 9.53. The van der Waals surface area contributed by atoms with E-state index in [1.807, 2.05) is 5.32 Å². The number of amides is 2. The number of para-hydroxylation sites is 1.